The van der Waals surface area contributed by atoms with Gasteiger partial charge >= 0.3 is 0 Å². The van der Waals surface area contributed by atoms with Gasteiger partial charge in [0.15, 0.2) is 9.84 Å². The predicted octanol–water partition coefficient (Wildman–Crippen LogP) is 5.76. The first-order valence-electron chi connectivity index (χ1n) is 10.1. The number of rotatable bonds is 6. The molecule has 2 heterocycles. The summed E-state index contributed by atoms with van der Waals surface area (Å²) >= 11 is 6.24. The average Bonchev–Trinajstić information content (AvgIpc) is 3.54. The quantitative estimate of drug-likeness (QED) is 0.413. The van der Waals surface area contributed by atoms with Crippen molar-refractivity contribution in [3.8, 4) is 16.9 Å². The Kier molecular flexibility index (Phi) is 4.71. The summed E-state index contributed by atoms with van der Waals surface area (Å²) in [5.41, 5.74) is 3.30. The summed E-state index contributed by atoms with van der Waals surface area (Å²) in [4.78, 5) is 8.15. The molecule has 7 heteroatoms. The van der Waals surface area contributed by atoms with E-state index in [1.165, 1.54) is 0 Å². The smallest absolute Gasteiger partial charge is 0.181 e. The van der Waals surface area contributed by atoms with Crippen LogP contribution in [0.3, 0.4) is 0 Å². The van der Waals surface area contributed by atoms with Gasteiger partial charge in [-0.05, 0) is 60.7 Å². The van der Waals surface area contributed by atoms with Crippen LogP contribution >= 0.6 is 11.6 Å². The average molecular weight is 441 g/mol. The lowest BCUT2D eigenvalue weighted by Gasteiger charge is -2.11. The van der Waals surface area contributed by atoms with Gasteiger partial charge in [-0.15, -0.1) is 0 Å². The maximum atomic E-state index is 12.8. The van der Waals surface area contributed by atoms with Crippen LogP contribution in [0.25, 0.3) is 33.1 Å². The number of fused-ring (bicyclic) bond motifs is 3. The topological polar surface area (TPSA) is 72.1 Å². The molecule has 1 saturated carbocycles. The van der Waals surface area contributed by atoms with Gasteiger partial charge in [0.1, 0.15) is 11.4 Å². The molecule has 5 nitrogen and oxygen atoms in total. The highest BCUT2D eigenvalue weighted by Gasteiger charge is 2.37. The number of hydrogen-bond donors (Lipinski definition) is 1. The lowest BCUT2D eigenvalue weighted by molar-refractivity contribution is 0.320. The molecule has 154 valence electrons. The van der Waals surface area contributed by atoms with Crippen LogP contribution in [0.15, 0.2) is 53.6 Å². The van der Waals surface area contributed by atoms with Crippen LogP contribution in [-0.4, -0.2) is 30.2 Å². The maximum absolute atomic E-state index is 12.8. The highest BCUT2D eigenvalue weighted by atomic mass is 35.5. The molecule has 2 aromatic carbocycles. The van der Waals surface area contributed by atoms with Gasteiger partial charge in [0.2, 0.25) is 0 Å². The van der Waals surface area contributed by atoms with Crippen molar-refractivity contribution in [3.63, 3.8) is 0 Å². The van der Waals surface area contributed by atoms with Crippen molar-refractivity contribution >= 4 is 43.4 Å². The van der Waals surface area contributed by atoms with Crippen LogP contribution in [-0.2, 0) is 9.84 Å². The van der Waals surface area contributed by atoms with Crippen molar-refractivity contribution in [2.45, 2.75) is 36.3 Å². The minimum Gasteiger partial charge on any atom is -0.491 e. The number of nitrogens with zero attached hydrogens (tertiary/aromatic N) is 1. The molecule has 0 amide bonds. The fourth-order valence-electron chi connectivity index (χ4n) is 3.82. The van der Waals surface area contributed by atoms with Gasteiger partial charge in [0.25, 0.3) is 0 Å². The van der Waals surface area contributed by atoms with Crippen LogP contribution < -0.4 is 4.74 Å². The van der Waals surface area contributed by atoms with Crippen LogP contribution in [0.2, 0.25) is 5.02 Å². The molecule has 0 radical (unpaired) electrons. The summed E-state index contributed by atoms with van der Waals surface area (Å²) in [5.74, 6) is 0.742. The van der Waals surface area contributed by atoms with Crippen molar-refractivity contribution in [2.75, 3.05) is 6.61 Å². The highest BCUT2D eigenvalue weighted by Crippen LogP contribution is 2.41. The number of ether oxygens (including phenoxy) is 1. The Morgan fingerprint density at radius 1 is 1.20 bits per heavy atom. The maximum Gasteiger partial charge on any atom is 0.181 e. The molecule has 0 saturated heterocycles. The zero-order chi connectivity index (χ0) is 20.9. The van der Waals surface area contributed by atoms with E-state index >= 15 is 0 Å². The molecule has 1 aliphatic carbocycles. The number of hydrogen-bond acceptors (Lipinski definition) is 4. The molecule has 1 fully saturated rings. The van der Waals surface area contributed by atoms with Crippen molar-refractivity contribution < 1.29 is 13.2 Å². The fraction of sp³-hybridized carbons (Fsp3) is 0.261. The molecule has 0 bridgehead atoms. The monoisotopic (exact) mass is 440 g/mol. The van der Waals surface area contributed by atoms with E-state index in [1.54, 1.807) is 24.4 Å². The first-order valence-corrected chi connectivity index (χ1v) is 12.0. The standard InChI is InChI=1S/C23H21ClN2O3S/c1-2-10-29-20-9-8-18(21-19-12-15(24)13-25-23(19)26-22(20)21)14-4-3-5-17(11-14)30(27,28)16-6-7-16/h3-5,8-9,11-13,16H,2,6-7,10H2,1H3,(H,25,26). The summed E-state index contributed by atoms with van der Waals surface area (Å²) in [6.45, 7) is 2.66. The van der Waals surface area contributed by atoms with Gasteiger partial charge in [0, 0.05) is 17.0 Å². The number of halogens is 1. The van der Waals surface area contributed by atoms with E-state index < -0.39 is 9.84 Å². The number of pyridine rings is 1. The predicted molar refractivity (Wildman–Crippen MR) is 120 cm³/mol. The third-order valence-corrected chi connectivity index (χ3v) is 7.90. The van der Waals surface area contributed by atoms with Gasteiger partial charge in [-0.3, -0.25) is 0 Å². The number of aromatic nitrogens is 2. The lowest BCUT2D eigenvalue weighted by atomic mass is 9.99. The molecule has 5 rings (SSSR count). The summed E-state index contributed by atoms with van der Waals surface area (Å²) in [6.07, 6.45) is 3.99. The van der Waals surface area contributed by atoms with Gasteiger partial charge in [-0.25, -0.2) is 13.4 Å². The van der Waals surface area contributed by atoms with Crippen LogP contribution in [0, 0.1) is 0 Å². The van der Waals surface area contributed by atoms with Gasteiger partial charge < -0.3 is 9.72 Å². The molecule has 0 aliphatic heterocycles. The number of nitrogens with one attached hydrogen (secondary N) is 1. The summed E-state index contributed by atoms with van der Waals surface area (Å²) in [6, 6.07) is 13.0. The Labute approximate surface area is 180 Å². The molecule has 30 heavy (non-hydrogen) atoms. The van der Waals surface area contributed by atoms with Crippen molar-refractivity contribution in [1.82, 2.24) is 9.97 Å². The van der Waals surface area contributed by atoms with E-state index in [1.807, 2.05) is 24.3 Å². The molecule has 0 unspecified atom stereocenters. The van der Waals surface area contributed by atoms with E-state index in [2.05, 4.69) is 16.9 Å². The number of benzene rings is 2. The van der Waals surface area contributed by atoms with Gasteiger partial charge in [0.05, 0.1) is 27.3 Å². The number of sulfone groups is 1. The van der Waals surface area contributed by atoms with E-state index in [-0.39, 0.29) is 5.25 Å². The normalized spacial score (nSPS) is 14.5. The lowest BCUT2D eigenvalue weighted by Crippen LogP contribution is -2.06. The van der Waals surface area contributed by atoms with E-state index in [9.17, 15) is 8.42 Å². The Bertz CT molecular complexity index is 1370. The zero-order valence-corrected chi connectivity index (χ0v) is 18.1. The minimum absolute atomic E-state index is 0.242. The zero-order valence-electron chi connectivity index (χ0n) is 16.5. The van der Waals surface area contributed by atoms with Crippen molar-refractivity contribution in [3.05, 3.63) is 53.7 Å². The minimum atomic E-state index is -3.27. The number of aromatic amines is 1. The Balaban J connectivity index is 1.75. The van der Waals surface area contributed by atoms with Crippen LogP contribution in [0.1, 0.15) is 26.2 Å². The second kappa shape index (κ2) is 7.29. The van der Waals surface area contributed by atoms with E-state index in [0.29, 0.717) is 22.2 Å². The molecule has 0 atom stereocenters. The second-order valence-electron chi connectivity index (χ2n) is 7.66. The molecular formula is C23H21ClN2O3S. The number of H-pyrrole nitrogens is 1. The molecular weight excluding hydrogens is 420 g/mol. The van der Waals surface area contributed by atoms with Crippen LogP contribution in [0.5, 0.6) is 5.75 Å². The summed E-state index contributed by atoms with van der Waals surface area (Å²) < 4.78 is 31.5. The van der Waals surface area contributed by atoms with Crippen LogP contribution in [0.4, 0.5) is 0 Å². The first kappa shape index (κ1) is 19.4. The largest absolute Gasteiger partial charge is 0.491 e. The summed E-state index contributed by atoms with van der Waals surface area (Å²) in [7, 11) is -3.27. The van der Waals surface area contributed by atoms with E-state index in [0.717, 1.165) is 52.4 Å². The molecule has 0 spiro atoms. The Hall–Kier alpha value is -2.57. The second-order valence-corrected chi connectivity index (χ2v) is 10.3. The molecule has 4 aromatic rings. The first-order chi connectivity index (χ1) is 14.5. The van der Waals surface area contributed by atoms with E-state index in [4.69, 9.17) is 16.3 Å². The van der Waals surface area contributed by atoms with Crippen molar-refractivity contribution in [1.29, 1.82) is 0 Å². The summed E-state index contributed by atoms with van der Waals surface area (Å²) in [5, 5.41) is 2.10. The third-order valence-electron chi connectivity index (χ3n) is 5.43. The SMILES string of the molecule is CCCOc1ccc(-c2cccc(S(=O)(=O)C3CC3)c2)c2c1[nH]c1ncc(Cl)cc12. The highest BCUT2D eigenvalue weighted by molar-refractivity contribution is 7.92. The fourth-order valence-corrected chi connectivity index (χ4v) is 5.68. The molecule has 1 N–H and O–H groups in total. The third kappa shape index (κ3) is 3.24. The van der Waals surface area contributed by atoms with Crippen molar-refractivity contribution in [2.24, 2.45) is 0 Å². The van der Waals surface area contributed by atoms with Gasteiger partial charge in [-0.1, -0.05) is 30.7 Å². The van der Waals surface area contributed by atoms with Gasteiger partial charge in [-0.2, -0.15) is 0 Å². The molecule has 2 aromatic heterocycles. The Morgan fingerprint density at radius 3 is 2.80 bits per heavy atom. The Morgan fingerprint density at radius 2 is 2.03 bits per heavy atom. The molecule has 1 aliphatic rings.